The van der Waals surface area contributed by atoms with E-state index in [1.165, 1.54) is 5.56 Å². The summed E-state index contributed by atoms with van der Waals surface area (Å²) in [6.45, 7) is 6.52. The lowest BCUT2D eigenvalue weighted by Gasteiger charge is -2.38. The molecule has 4 rings (SSSR count). The SMILES string of the molecule is Cc1ccc2c(c1)OC(C)(C)CC2NC(=S)Nc1ccc2c(c1)OCO2. The van der Waals surface area contributed by atoms with Gasteiger partial charge < -0.3 is 24.8 Å². The van der Waals surface area contributed by atoms with Crippen LogP contribution in [-0.4, -0.2) is 17.5 Å². The Morgan fingerprint density at radius 2 is 1.88 bits per heavy atom. The lowest BCUT2D eigenvalue weighted by atomic mass is 9.89. The highest BCUT2D eigenvalue weighted by atomic mass is 32.1. The van der Waals surface area contributed by atoms with E-state index in [-0.39, 0.29) is 18.4 Å². The predicted molar refractivity (Wildman–Crippen MR) is 105 cm³/mol. The van der Waals surface area contributed by atoms with Gasteiger partial charge in [-0.15, -0.1) is 0 Å². The minimum atomic E-state index is -0.257. The number of nitrogens with one attached hydrogen (secondary N) is 2. The average molecular weight is 370 g/mol. The number of anilines is 1. The molecule has 0 fully saturated rings. The fourth-order valence-electron chi connectivity index (χ4n) is 3.39. The highest BCUT2D eigenvalue weighted by molar-refractivity contribution is 7.80. The molecule has 2 aliphatic rings. The molecule has 0 aliphatic carbocycles. The van der Waals surface area contributed by atoms with Crippen LogP contribution in [0.2, 0.25) is 0 Å². The smallest absolute Gasteiger partial charge is 0.231 e. The molecule has 26 heavy (non-hydrogen) atoms. The fraction of sp³-hybridized carbons (Fsp3) is 0.350. The van der Waals surface area contributed by atoms with Gasteiger partial charge in [0.1, 0.15) is 11.4 Å². The monoisotopic (exact) mass is 370 g/mol. The van der Waals surface area contributed by atoms with Crippen LogP contribution in [0.3, 0.4) is 0 Å². The van der Waals surface area contributed by atoms with E-state index in [1.54, 1.807) is 0 Å². The molecule has 2 aromatic carbocycles. The summed E-state index contributed by atoms with van der Waals surface area (Å²) in [5.74, 6) is 2.40. The quantitative estimate of drug-likeness (QED) is 0.768. The number of fused-ring (bicyclic) bond motifs is 2. The Hall–Kier alpha value is -2.47. The van der Waals surface area contributed by atoms with Crippen molar-refractivity contribution in [3.63, 3.8) is 0 Å². The summed E-state index contributed by atoms with van der Waals surface area (Å²) < 4.78 is 16.9. The summed E-state index contributed by atoms with van der Waals surface area (Å²) >= 11 is 5.54. The van der Waals surface area contributed by atoms with E-state index < -0.39 is 0 Å². The molecule has 0 amide bonds. The van der Waals surface area contributed by atoms with E-state index in [0.29, 0.717) is 5.11 Å². The summed E-state index contributed by atoms with van der Waals surface area (Å²) in [7, 11) is 0. The predicted octanol–water partition coefficient (Wildman–Crippen LogP) is 4.31. The number of benzene rings is 2. The molecule has 0 aromatic heterocycles. The van der Waals surface area contributed by atoms with Crippen LogP contribution in [0.25, 0.3) is 0 Å². The molecule has 0 radical (unpaired) electrons. The molecule has 2 N–H and O–H groups in total. The maximum Gasteiger partial charge on any atom is 0.231 e. The van der Waals surface area contributed by atoms with Crippen molar-refractivity contribution in [1.29, 1.82) is 0 Å². The van der Waals surface area contributed by atoms with Gasteiger partial charge in [0.05, 0.1) is 6.04 Å². The average Bonchev–Trinajstić information content (AvgIpc) is 3.00. The maximum atomic E-state index is 6.15. The molecule has 0 bridgehead atoms. The molecule has 0 spiro atoms. The van der Waals surface area contributed by atoms with Gasteiger partial charge in [-0.2, -0.15) is 0 Å². The summed E-state index contributed by atoms with van der Waals surface area (Å²) in [6, 6.07) is 12.1. The zero-order valence-corrected chi connectivity index (χ0v) is 15.9. The second-order valence-electron chi connectivity index (χ2n) is 7.33. The molecule has 6 heteroatoms. The van der Waals surface area contributed by atoms with Gasteiger partial charge in [0, 0.05) is 23.7 Å². The third kappa shape index (κ3) is 3.42. The van der Waals surface area contributed by atoms with Crippen LogP contribution >= 0.6 is 12.2 Å². The Balaban J connectivity index is 1.50. The van der Waals surface area contributed by atoms with Gasteiger partial charge in [-0.25, -0.2) is 0 Å². The highest BCUT2D eigenvalue weighted by Crippen LogP contribution is 2.40. The first kappa shape index (κ1) is 17.0. The Bertz CT molecular complexity index is 866. The highest BCUT2D eigenvalue weighted by Gasteiger charge is 2.34. The summed E-state index contributed by atoms with van der Waals surface area (Å²) in [5.41, 5.74) is 2.92. The largest absolute Gasteiger partial charge is 0.487 e. The normalized spacial score (nSPS) is 19.3. The Morgan fingerprint density at radius 1 is 1.08 bits per heavy atom. The van der Waals surface area contributed by atoms with Crippen molar-refractivity contribution in [3.8, 4) is 17.2 Å². The van der Waals surface area contributed by atoms with Crippen molar-refractivity contribution < 1.29 is 14.2 Å². The maximum absolute atomic E-state index is 6.15. The third-order valence-corrected chi connectivity index (χ3v) is 4.78. The van der Waals surface area contributed by atoms with Gasteiger partial charge in [0.15, 0.2) is 16.6 Å². The summed E-state index contributed by atoms with van der Waals surface area (Å²) in [4.78, 5) is 0. The van der Waals surface area contributed by atoms with Gasteiger partial charge in [-0.1, -0.05) is 12.1 Å². The molecule has 2 heterocycles. The second kappa shape index (κ2) is 6.36. The van der Waals surface area contributed by atoms with Crippen molar-refractivity contribution in [3.05, 3.63) is 47.5 Å². The van der Waals surface area contributed by atoms with E-state index in [4.69, 9.17) is 26.4 Å². The lowest BCUT2D eigenvalue weighted by molar-refractivity contribution is 0.0696. The van der Waals surface area contributed by atoms with E-state index >= 15 is 0 Å². The topological polar surface area (TPSA) is 51.8 Å². The van der Waals surface area contributed by atoms with Gasteiger partial charge in [0.2, 0.25) is 6.79 Å². The van der Waals surface area contributed by atoms with Crippen LogP contribution in [0.1, 0.15) is 37.4 Å². The number of rotatable bonds is 2. The minimum Gasteiger partial charge on any atom is -0.487 e. The molecule has 5 nitrogen and oxygen atoms in total. The number of hydrogen-bond donors (Lipinski definition) is 2. The second-order valence-corrected chi connectivity index (χ2v) is 7.73. The lowest BCUT2D eigenvalue weighted by Crippen LogP contribution is -2.42. The van der Waals surface area contributed by atoms with Gasteiger partial charge >= 0.3 is 0 Å². The van der Waals surface area contributed by atoms with Gasteiger partial charge in [-0.3, -0.25) is 0 Å². The molecule has 0 saturated heterocycles. The van der Waals surface area contributed by atoms with Gasteiger partial charge in [-0.05, 0) is 56.8 Å². The van der Waals surface area contributed by atoms with E-state index in [9.17, 15) is 0 Å². The summed E-state index contributed by atoms with van der Waals surface area (Å²) in [5, 5.41) is 7.23. The van der Waals surface area contributed by atoms with Crippen molar-refractivity contribution in [2.45, 2.75) is 38.8 Å². The van der Waals surface area contributed by atoms with Crippen LogP contribution in [0.4, 0.5) is 5.69 Å². The van der Waals surface area contributed by atoms with Crippen LogP contribution in [0.5, 0.6) is 17.2 Å². The standard InChI is InChI=1S/C20H22N2O3S/c1-12-4-6-14-15(10-20(2,3)25-17(14)8-12)22-19(26)21-13-5-7-16-18(9-13)24-11-23-16/h4-9,15H,10-11H2,1-3H3,(H2,21,22,26). The van der Waals surface area contributed by atoms with Crippen molar-refractivity contribution in [1.82, 2.24) is 5.32 Å². The molecule has 1 atom stereocenters. The van der Waals surface area contributed by atoms with Crippen LogP contribution in [-0.2, 0) is 0 Å². The molecule has 0 saturated carbocycles. The van der Waals surface area contributed by atoms with Crippen molar-refractivity contribution in [2.75, 3.05) is 12.1 Å². The Morgan fingerprint density at radius 3 is 2.73 bits per heavy atom. The molecule has 136 valence electrons. The first-order valence-electron chi connectivity index (χ1n) is 8.66. The van der Waals surface area contributed by atoms with Crippen molar-refractivity contribution >= 4 is 23.0 Å². The zero-order valence-electron chi connectivity index (χ0n) is 15.1. The molecular formula is C20H22N2O3S. The number of aryl methyl sites for hydroxylation is 1. The van der Waals surface area contributed by atoms with Crippen molar-refractivity contribution in [2.24, 2.45) is 0 Å². The molecule has 1 unspecified atom stereocenters. The molecule has 2 aromatic rings. The summed E-state index contributed by atoms with van der Waals surface area (Å²) in [6.07, 6.45) is 0.825. The molecule has 2 aliphatic heterocycles. The number of hydrogen-bond acceptors (Lipinski definition) is 4. The Labute approximate surface area is 158 Å². The first-order valence-corrected chi connectivity index (χ1v) is 9.07. The number of ether oxygens (including phenoxy) is 3. The first-order chi connectivity index (χ1) is 12.4. The minimum absolute atomic E-state index is 0.0864. The van der Waals surface area contributed by atoms with E-state index in [2.05, 4.69) is 49.6 Å². The Kier molecular flexibility index (Phi) is 4.15. The van der Waals surface area contributed by atoms with Crippen LogP contribution < -0.4 is 24.8 Å². The molecular weight excluding hydrogens is 348 g/mol. The van der Waals surface area contributed by atoms with Crippen LogP contribution in [0, 0.1) is 6.92 Å². The zero-order chi connectivity index (χ0) is 18.3. The van der Waals surface area contributed by atoms with E-state index in [1.807, 2.05) is 18.2 Å². The fourth-order valence-corrected chi connectivity index (χ4v) is 3.65. The van der Waals surface area contributed by atoms with E-state index in [0.717, 1.165) is 34.9 Å². The van der Waals surface area contributed by atoms with Crippen LogP contribution in [0.15, 0.2) is 36.4 Å². The number of thiocarbonyl (C=S) groups is 1. The third-order valence-electron chi connectivity index (χ3n) is 4.56. The van der Waals surface area contributed by atoms with Gasteiger partial charge in [0.25, 0.3) is 0 Å².